The molecule has 1 N–H and O–H groups in total. The van der Waals surface area contributed by atoms with Gasteiger partial charge in [-0.25, -0.2) is 4.98 Å². The highest BCUT2D eigenvalue weighted by Crippen LogP contribution is 2.26. The topological polar surface area (TPSA) is 75.0 Å². The molecule has 0 atom stereocenters. The van der Waals surface area contributed by atoms with Crippen molar-refractivity contribution in [1.29, 1.82) is 5.26 Å². The van der Waals surface area contributed by atoms with Crippen LogP contribution in [-0.2, 0) is 4.79 Å². The molecule has 3 rings (SSSR count). The summed E-state index contributed by atoms with van der Waals surface area (Å²) in [4.78, 5) is 16.5. The van der Waals surface area contributed by atoms with Crippen molar-refractivity contribution in [2.75, 3.05) is 11.9 Å². The van der Waals surface area contributed by atoms with E-state index in [0.717, 1.165) is 23.1 Å². The molecule has 26 heavy (non-hydrogen) atoms. The molecule has 0 unspecified atom stereocenters. The number of amides is 1. The fourth-order valence-corrected chi connectivity index (χ4v) is 3.48. The summed E-state index contributed by atoms with van der Waals surface area (Å²) in [5.74, 6) is 0.644. The lowest BCUT2D eigenvalue weighted by Gasteiger charge is -2.06. The summed E-state index contributed by atoms with van der Waals surface area (Å²) in [6.07, 6.45) is 1.92. The van der Waals surface area contributed by atoms with Crippen LogP contribution >= 0.6 is 11.3 Å². The molecule has 0 spiro atoms. The SMILES string of the molecule is Cc1ccc2nc(NC(=O)CCCCOc3cccc(C#N)c3)sc2c1. The number of aryl methyl sites for hydroxylation is 1. The van der Waals surface area contributed by atoms with E-state index in [9.17, 15) is 4.79 Å². The lowest BCUT2D eigenvalue weighted by Crippen LogP contribution is -2.11. The molecule has 0 saturated carbocycles. The molecule has 132 valence electrons. The summed E-state index contributed by atoms with van der Waals surface area (Å²) in [6.45, 7) is 2.55. The highest BCUT2D eigenvalue weighted by molar-refractivity contribution is 7.22. The number of unbranched alkanes of at least 4 members (excludes halogenated alkanes) is 1. The van der Waals surface area contributed by atoms with Crippen molar-refractivity contribution in [3.05, 3.63) is 53.6 Å². The predicted molar refractivity (Wildman–Crippen MR) is 103 cm³/mol. The number of aromatic nitrogens is 1. The Morgan fingerprint density at radius 3 is 3.00 bits per heavy atom. The van der Waals surface area contributed by atoms with Gasteiger partial charge in [-0.3, -0.25) is 4.79 Å². The number of hydrogen-bond acceptors (Lipinski definition) is 5. The number of anilines is 1. The number of carbonyl (C=O) groups is 1. The van der Waals surface area contributed by atoms with Crippen LogP contribution < -0.4 is 10.1 Å². The van der Waals surface area contributed by atoms with Gasteiger partial charge in [-0.15, -0.1) is 0 Å². The zero-order valence-corrected chi connectivity index (χ0v) is 15.3. The molecule has 5 nitrogen and oxygen atoms in total. The standard InChI is InChI=1S/C20H19N3O2S/c1-14-8-9-17-18(11-14)26-20(22-17)23-19(24)7-2-3-10-25-16-6-4-5-15(12-16)13-21/h4-6,8-9,11-12H,2-3,7,10H2,1H3,(H,22,23,24). The second-order valence-corrected chi connectivity index (χ2v) is 7.01. The lowest BCUT2D eigenvalue weighted by atomic mass is 10.2. The Morgan fingerprint density at radius 1 is 1.27 bits per heavy atom. The number of carbonyl (C=O) groups excluding carboxylic acids is 1. The molecule has 1 heterocycles. The summed E-state index contributed by atoms with van der Waals surface area (Å²) in [6, 6.07) is 15.2. The highest BCUT2D eigenvalue weighted by Gasteiger charge is 2.08. The monoisotopic (exact) mass is 365 g/mol. The fourth-order valence-electron chi connectivity index (χ4n) is 2.50. The first kappa shape index (κ1) is 17.9. The summed E-state index contributed by atoms with van der Waals surface area (Å²) < 4.78 is 6.68. The number of nitriles is 1. The minimum absolute atomic E-state index is 0.0349. The summed E-state index contributed by atoms with van der Waals surface area (Å²) >= 11 is 1.49. The van der Waals surface area contributed by atoms with E-state index in [-0.39, 0.29) is 5.91 Å². The summed E-state index contributed by atoms with van der Waals surface area (Å²) in [5, 5.41) is 12.4. The second kappa shape index (κ2) is 8.45. The van der Waals surface area contributed by atoms with Crippen LogP contribution in [0.1, 0.15) is 30.4 Å². The third-order valence-corrected chi connectivity index (χ3v) is 4.75. The first-order valence-corrected chi connectivity index (χ1v) is 9.26. The summed E-state index contributed by atoms with van der Waals surface area (Å²) in [5.41, 5.74) is 2.66. The Hall–Kier alpha value is -2.91. The van der Waals surface area contributed by atoms with E-state index in [1.807, 2.05) is 25.1 Å². The maximum atomic E-state index is 12.1. The molecule has 0 saturated heterocycles. The molecule has 3 aromatic rings. The van der Waals surface area contributed by atoms with Gasteiger partial charge in [-0.05, 0) is 55.7 Å². The van der Waals surface area contributed by atoms with E-state index in [2.05, 4.69) is 22.4 Å². The van der Waals surface area contributed by atoms with Gasteiger partial charge in [0.25, 0.3) is 0 Å². The Morgan fingerprint density at radius 2 is 2.15 bits per heavy atom. The van der Waals surface area contributed by atoms with Crippen LogP contribution in [0.25, 0.3) is 10.2 Å². The molecule has 1 aromatic heterocycles. The van der Waals surface area contributed by atoms with Crippen molar-refractivity contribution in [1.82, 2.24) is 4.98 Å². The second-order valence-electron chi connectivity index (χ2n) is 5.98. The van der Waals surface area contributed by atoms with Crippen LogP contribution in [0.4, 0.5) is 5.13 Å². The van der Waals surface area contributed by atoms with Crippen molar-refractivity contribution in [3.63, 3.8) is 0 Å². The smallest absolute Gasteiger partial charge is 0.226 e. The van der Waals surface area contributed by atoms with Gasteiger partial charge in [0.15, 0.2) is 5.13 Å². The largest absolute Gasteiger partial charge is 0.494 e. The van der Waals surface area contributed by atoms with Gasteiger partial charge < -0.3 is 10.1 Å². The molecule has 0 fully saturated rings. The van der Waals surface area contributed by atoms with E-state index in [1.54, 1.807) is 18.2 Å². The van der Waals surface area contributed by atoms with Crippen molar-refractivity contribution in [2.24, 2.45) is 0 Å². The van der Waals surface area contributed by atoms with Crippen LogP contribution in [0.3, 0.4) is 0 Å². The number of thiazole rings is 1. The first-order valence-electron chi connectivity index (χ1n) is 8.44. The number of benzene rings is 2. The molecule has 0 aliphatic carbocycles. The van der Waals surface area contributed by atoms with Gasteiger partial charge in [0.05, 0.1) is 28.5 Å². The van der Waals surface area contributed by atoms with Crippen molar-refractivity contribution < 1.29 is 9.53 Å². The van der Waals surface area contributed by atoms with E-state index in [4.69, 9.17) is 10.00 Å². The molecule has 6 heteroatoms. The van der Waals surface area contributed by atoms with Crippen molar-refractivity contribution >= 4 is 32.6 Å². The fraction of sp³-hybridized carbons (Fsp3) is 0.250. The lowest BCUT2D eigenvalue weighted by molar-refractivity contribution is -0.116. The first-order chi connectivity index (χ1) is 12.6. The van der Waals surface area contributed by atoms with Crippen LogP contribution in [0, 0.1) is 18.3 Å². The number of nitrogens with zero attached hydrogens (tertiary/aromatic N) is 2. The zero-order valence-electron chi connectivity index (χ0n) is 14.5. The Balaban J connectivity index is 1.40. The van der Waals surface area contributed by atoms with E-state index in [1.165, 1.54) is 16.9 Å². The maximum absolute atomic E-state index is 12.1. The number of nitrogens with one attached hydrogen (secondary N) is 1. The van der Waals surface area contributed by atoms with Crippen molar-refractivity contribution in [3.8, 4) is 11.8 Å². The van der Waals surface area contributed by atoms with Crippen LogP contribution in [0.2, 0.25) is 0 Å². The molecule has 0 aliphatic heterocycles. The molecule has 0 aliphatic rings. The third kappa shape index (κ3) is 4.80. The average Bonchev–Trinajstić information content (AvgIpc) is 3.02. The minimum Gasteiger partial charge on any atom is -0.494 e. The van der Waals surface area contributed by atoms with Crippen molar-refractivity contribution in [2.45, 2.75) is 26.2 Å². The van der Waals surface area contributed by atoms with Crippen LogP contribution in [-0.4, -0.2) is 17.5 Å². The molecular formula is C20H19N3O2S. The van der Waals surface area contributed by atoms with Gasteiger partial charge >= 0.3 is 0 Å². The zero-order chi connectivity index (χ0) is 18.4. The van der Waals surface area contributed by atoms with E-state index < -0.39 is 0 Å². The van der Waals surface area contributed by atoms with E-state index >= 15 is 0 Å². The molecule has 0 bridgehead atoms. The number of ether oxygens (including phenoxy) is 1. The normalized spacial score (nSPS) is 10.5. The molecule has 1 amide bonds. The Labute approximate surface area is 156 Å². The molecule has 2 aromatic carbocycles. The Bertz CT molecular complexity index is 959. The highest BCUT2D eigenvalue weighted by atomic mass is 32.1. The number of rotatable bonds is 7. The van der Waals surface area contributed by atoms with Gasteiger partial charge in [-0.1, -0.05) is 23.5 Å². The van der Waals surface area contributed by atoms with Crippen LogP contribution in [0.5, 0.6) is 5.75 Å². The van der Waals surface area contributed by atoms with Crippen LogP contribution in [0.15, 0.2) is 42.5 Å². The predicted octanol–water partition coefficient (Wildman–Crippen LogP) is 4.66. The average molecular weight is 365 g/mol. The number of fused-ring (bicyclic) bond motifs is 1. The maximum Gasteiger partial charge on any atom is 0.226 e. The third-order valence-electron chi connectivity index (χ3n) is 3.82. The number of hydrogen-bond donors (Lipinski definition) is 1. The Kier molecular flexibility index (Phi) is 5.82. The quantitative estimate of drug-likeness (QED) is 0.618. The van der Waals surface area contributed by atoms with Gasteiger partial charge in [0.1, 0.15) is 5.75 Å². The van der Waals surface area contributed by atoms with Gasteiger partial charge in [0, 0.05) is 6.42 Å². The van der Waals surface area contributed by atoms with E-state index in [0.29, 0.717) is 29.5 Å². The molecule has 0 radical (unpaired) electrons. The summed E-state index contributed by atoms with van der Waals surface area (Å²) in [7, 11) is 0. The minimum atomic E-state index is -0.0349. The molecular weight excluding hydrogens is 346 g/mol. The van der Waals surface area contributed by atoms with Gasteiger partial charge in [-0.2, -0.15) is 5.26 Å². The van der Waals surface area contributed by atoms with Gasteiger partial charge in [0.2, 0.25) is 5.91 Å².